The maximum atomic E-state index is 12.1. The molecule has 0 aliphatic heterocycles. The monoisotopic (exact) mass is 308 g/mol. The van der Waals surface area contributed by atoms with Gasteiger partial charge in [0, 0.05) is 26.7 Å². The Morgan fingerprint density at radius 2 is 2.14 bits per heavy atom. The van der Waals surface area contributed by atoms with Crippen LogP contribution >= 0.6 is 0 Å². The van der Waals surface area contributed by atoms with Crippen molar-refractivity contribution in [1.82, 2.24) is 5.32 Å². The van der Waals surface area contributed by atoms with Crippen molar-refractivity contribution < 1.29 is 14.3 Å². The van der Waals surface area contributed by atoms with Crippen LogP contribution in [0.15, 0.2) is 24.3 Å². The second-order valence-electron chi connectivity index (χ2n) is 5.69. The van der Waals surface area contributed by atoms with E-state index >= 15 is 0 Å². The van der Waals surface area contributed by atoms with Gasteiger partial charge in [-0.2, -0.15) is 0 Å². The van der Waals surface area contributed by atoms with Crippen LogP contribution in [0.25, 0.3) is 0 Å². The van der Waals surface area contributed by atoms with Crippen LogP contribution in [-0.4, -0.2) is 31.8 Å². The molecule has 1 atom stereocenters. The van der Waals surface area contributed by atoms with Crippen molar-refractivity contribution in [3.63, 3.8) is 0 Å². The van der Waals surface area contributed by atoms with Crippen molar-refractivity contribution in [3.05, 3.63) is 29.8 Å². The number of carbonyl (C=O) groups is 1. The van der Waals surface area contributed by atoms with E-state index in [4.69, 9.17) is 15.2 Å². The number of nitrogens with two attached hydrogens (primary N) is 1. The molecule has 1 amide bonds. The summed E-state index contributed by atoms with van der Waals surface area (Å²) in [4.78, 5) is 12.1. The quantitative estimate of drug-likeness (QED) is 0.650. The number of amides is 1. The van der Waals surface area contributed by atoms with Gasteiger partial charge in [0.25, 0.3) is 0 Å². The van der Waals surface area contributed by atoms with E-state index < -0.39 is 5.54 Å². The van der Waals surface area contributed by atoms with Gasteiger partial charge in [0.15, 0.2) is 0 Å². The third-order valence-electron chi connectivity index (χ3n) is 3.40. The van der Waals surface area contributed by atoms with E-state index in [2.05, 4.69) is 5.32 Å². The number of carbonyl (C=O) groups excluding carboxylic acids is 1. The van der Waals surface area contributed by atoms with Gasteiger partial charge < -0.3 is 20.5 Å². The lowest BCUT2D eigenvalue weighted by Crippen LogP contribution is -2.51. The molecule has 0 aliphatic rings. The largest absolute Gasteiger partial charge is 0.493 e. The predicted molar refractivity (Wildman–Crippen MR) is 87.8 cm³/mol. The standard InChI is InChI=1S/C17H28N2O3/c1-4-9-17(2,18)16(20)19-13-14-7-5-8-15(12-14)22-11-6-10-21-3/h5,7-8,12H,4,6,9-11,13,18H2,1-3H3,(H,19,20). The van der Waals surface area contributed by atoms with Crippen LogP contribution < -0.4 is 15.8 Å². The third kappa shape index (κ3) is 6.45. The minimum atomic E-state index is -0.816. The van der Waals surface area contributed by atoms with E-state index in [1.807, 2.05) is 31.2 Å². The van der Waals surface area contributed by atoms with E-state index in [1.165, 1.54) is 0 Å². The van der Waals surface area contributed by atoms with Crippen LogP contribution in [0.3, 0.4) is 0 Å². The van der Waals surface area contributed by atoms with Gasteiger partial charge in [0.2, 0.25) is 5.91 Å². The van der Waals surface area contributed by atoms with E-state index in [0.717, 1.165) is 24.2 Å². The lowest BCUT2D eigenvalue weighted by molar-refractivity contribution is -0.126. The van der Waals surface area contributed by atoms with Crippen LogP contribution in [0.4, 0.5) is 0 Å². The molecule has 22 heavy (non-hydrogen) atoms. The summed E-state index contributed by atoms with van der Waals surface area (Å²) in [6.45, 7) is 5.53. The zero-order chi connectivity index (χ0) is 16.4. The SMILES string of the molecule is CCCC(C)(N)C(=O)NCc1cccc(OCCCOC)c1. The molecule has 0 aromatic heterocycles. The van der Waals surface area contributed by atoms with Gasteiger partial charge in [0.1, 0.15) is 5.75 Å². The van der Waals surface area contributed by atoms with Gasteiger partial charge in [-0.25, -0.2) is 0 Å². The zero-order valence-electron chi connectivity index (χ0n) is 13.9. The Morgan fingerprint density at radius 3 is 2.82 bits per heavy atom. The first kappa shape index (κ1) is 18.5. The minimum Gasteiger partial charge on any atom is -0.493 e. The highest BCUT2D eigenvalue weighted by atomic mass is 16.5. The molecule has 0 radical (unpaired) electrons. The summed E-state index contributed by atoms with van der Waals surface area (Å²) < 4.78 is 10.6. The smallest absolute Gasteiger partial charge is 0.240 e. The van der Waals surface area contributed by atoms with Crippen molar-refractivity contribution in [2.24, 2.45) is 5.73 Å². The number of hydrogen-bond donors (Lipinski definition) is 2. The number of benzene rings is 1. The molecule has 3 N–H and O–H groups in total. The number of nitrogens with one attached hydrogen (secondary N) is 1. The summed E-state index contributed by atoms with van der Waals surface area (Å²) in [7, 11) is 1.67. The molecule has 0 spiro atoms. The van der Waals surface area contributed by atoms with E-state index in [-0.39, 0.29) is 5.91 Å². The minimum absolute atomic E-state index is 0.124. The van der Waals surface area contributed by atoms with Gasteiger partial charge in [-0.15, -0.1) is 0 Å². The van der Waals surface area contributed by atoms with Gasteiger partial charge in [-0.05, 0) is 31.0 Å². The van der Waals surface area contributed by atoms with Gasteiger partial charge in [0.05, 0.1) is 12.1 Å². The highest BCUT2D eigenvalue weighted by molar-refractivity contribution is 5.85. The molecule has 0 aliphatic carbocycles. The van der Waals surface area contributed by atoms with Gasteiger partial charge in [-0.3, -0.25) is 4.79 Å². The Kier molecular flexibility index (Phi) is 7.91. The summed E-state index contributed by atoms with van der Waals surface area (Å²) in [5.41, 5.74) is 6.18. The maximum Gasteiger partial charge on any atom is 0.240 e. The lowest BCUT2D eigenvalue weighted by Gasteiger charge is -2.22. The summed E-state index contributed by atoms with van der Waals surface area (Å²) in [5, 5.41) is 2.89. The molecular formula is C17H28N2O3. The molecule has 0 saturated carbocycles. The molecule has 0 heterocycles. The Labute approximate surface area is 133 Å². The molecule has 5 nitrogen and oxygen atoms in total. The molecule has 1 aromatic rings. The molecule has 0 bridgehead atoms. The first-order valence-electron chi connectivity index (χ1n) is 7.77. The molecule has 1 rings (SSSR count). The summed E-state index contributed by atoms with van der Waals surface area (Å²) in [6, 6.07) is 7.71. The first-order chi connectivity index (χ1) is 10.5. The van der Waals surface area contributed by atoms with Crippen LogP contribution in [0.5, 0.6) is 5.75 Å². The van der Waals surface area contributed by atoms with Crippen molar-refractivity contribution in [2.45, 2.75) is 45.2 Å². The van der Waals surface area contributed by atoms with Crippen molar-refractivity contribution in [3.8, 4) is 5.75 Å². The summed E-state index contributed by atoms with van der Waals surface area (Å²) in [6.07, 6.45) is 2.40. The van der Waals surface area contributed by atoms with Crippen LogP contribution in [0, 0.1) is 0 Å². The number of methoxy groups -OCH3 is 1. The number of ether oxygens (including phenoxy) is 2. The Morgan fingerprint density at radius 1 is 1.36 bits per heavy atom. The fraction of sp³-hybridized carbons (Fsp3) is 0.588. The van der Waals surface area contributed by atoms with E-state index in [0.29, 0.717) is 26.2 Å². The lowest BCUT2D eigenvalue weighted by atomic mass is 9.96. The average Bonchev–Trinajstić information content (AvgIpc) is 2.49. The zero-order valence-corrected chi connectivity index (χ0v) is 13.9. The Balaban J connectivity index is 2.47. The topological polar surface area (TPSA) is 73.6 Å². The molecule has 0 fully saturated rings. The summed E-state index contributed by atoms with van der Waals surface area (Å²) in [5.74, 6) is 0.674. The molecule has 5 heteroatoms. The van der Waals surface area contributed by atoms with Crippen molar-refractivity contribution >= 4 is 5.91 Å². The van der Waals surface area contributed by atoms with Crippen LogP contribution in [-0.2, 0) is 16.1 Å². The van der Waals surface area contributed by atoms with E-state index in [1.54, 1.807) is 14.0 Å². The fourth-order valence-corrected chi connectivity index (χ4v) is 2.16. The normalized spacial score (nSPS) is 13.5. The molecule has 124 valence electrons. The van der Waals surface area contributed by atoms with Crippen molar-refractivity contribution in [1.29, 1.82) is 0 Å². The Hall–Kier alpha value is -1.59. The second-order valence-corrected chi connectivity index (χ2v) is 5.69. The van der Waals surface area contributed by atoms with Crippen molar-refractivity contribution in [2.75, 3.05) is 20.3 Å². The summed E-state index contributed by atoms with van der Waals surface area (Å²) >= 11 is 0. The number of hydrogen-bond acceptors (Lipinski definition) is 4. The third-order valence-corrected chi connectivity index (χ3v) is 3.40. The maximum absolute atomic E-state index is 12.1. The molecule has 0 saturated heterocycles. The van der Waals surface area contributed by atoms with Crippen LogP contribution in [0.2, 0.25) is 0 Å². The number of rotatable bonds is 10. The van der Waals surface area contributed by atoms with E-state index in [9.17, 15) is 4.79 Å². The second kappa shape index (κ2) is 9.43. The molecule has 1 aromatic carbocycles. The predicted octanol–water partition coefficient (Wildman–Crippen LogP) is 2.24. The average molecular weight is 308 g/mol. The van der Waals surface area contributed by atoms with Gasteiger partial charge >= 0.3 is 0 Å². The Bertz CT molecular complexity index is 461. The highest BCUT2D eigenvalue weighted by Gasteiger charge is 2.26. The highest BCUT2D eigenvalue weighted by Crippen LogP contribution is 2.14. The first-order valence-corrected chi connectivity index (χ1v) is 7.77. The molecular weight excluding hydrogens is 280 g/mol. The molecule has 1 unspecified atom stereocenters. The van der Waals surface area contributed by atoms with Gasteiger partial charge in [-0.1, -0.05) is 25.5 Å². The fourth-order valence-electron chi connectivity index (χ4n) is 2.16. The van der Waals surface area contributed by atoms with Crippen LogP contribution in [0.1, 0.15) is 38.7 Å².